The van der Waals surface area contributed by atoms with Crippen molar-refractivity contribution in [2.24, 2.45) is 0 Å². The molecule has 0 fully saturated rings. The summed E-state index contributed by atoms with van der Waals surface area (Å²) in [6, 6.07) is 19.9. The summed E-state index contributed by atoms with van der Waals surface area (Å²) in [4.78, 5) is 28.4. The maximum atomic E-state index is 13.2. The standard InChI is InChI=1S/C25H23NO3S/c1-25(2,3)17-11-13-18(14-12-17)26-21(16-8-5-4-6-9-16)20(23(28)24(26)29)22(27)19-10-7-15-30-19/h4-15,21,28H,1-3H3. The molecule has 5 heteroatoms. The van der Waals surface area contributed by atoms with Crippen LogP contribution in [-0.2, 0) is 10.2 Å². The first-order chi connectivity index (χ1) is 14.3. The second-order valence-electron chi connectivity index (χ2n) is 8.35. The lowest BCUT2D eigenvalue weighted by Gasteiger charge is -2.28. The van der Waals surface area contributed by atoms with E-state index in [2.05, 4.69) is 20.8 Å². The van der Waals surface area contributed by atoms with Gasteiger partial charge in [0.15, 0.2) is 5.76 Å². The average Bonchev–Trinajstić information content (AvgIpc) is 3.35. The van der Waals surface area contributed by atoms with Crippen LogP contribution in [0.15, 0.2) is 83.4 Å². The first-order valence-corrected chi connectivity index (χ1v) is 10.7. The molecule has 1 amide bonds. The van der Waals surface area contributed by atoms with E-state index in [0.29, 0.717) is 10.6 Å². The number of amides is 1. The van der Waals surface area contributed by atoms with Crippen molar-refractivity contribution in [2.45, 2.75) is 32.2 Å². The summed E-state index contributed by atoms with van der Waals surface area (Å²) in [5.41, 5.74) is 2.65. The fraction of sp³-hybridized carbons (Fsp3) is 0.200. The van der Waals surface area contributed by atoms with Gasteiger partial charge in [-0.3, -0.25) is 14.5 Å². The van der Waals surface area contributed by atoms with Crippen LogP contribution in [0.1, 0.15) is 47.6 Å². The summed E-state index contributed by atoms with van der Waals surface area (Å²) in [7, 11) is 0. The number of carbonyl (C=O) groups is 2. The third kappa shape index (κ3) is 3.46. The van der Waals surface area contributed by atoms with Crippen molar-refractivity contribution in [3.8, 4) is 0 Å². The molecule has 2 aromatic carbocycles. The van der Waals surface area contributed by atoms with E-state index >= 15 is 0 Å². The molecule has 0 spiro atoms. The Morgan fingerprint density at radius 3 is 2.20 bits per heavy atom. The van der Waals surface area contributed by atoms with Crippen molar-refractivity contribution in [1.82, 2.24) is 0 Å². The summed E-state index contributed by atoms with van der Waals surface area (Å²) < 4.78 is 0. The van der Waals surface area contributed by atoms with E-state index in [0.717, 1.165) is 11.1 Å². The molecule has 152 valence electrons. The van der Waals surface area contributed by atoms with Crippen molar-refractivity contribution < 1.29 is 14.7 Å². The van der Waals surface area contributed by atoms with Crippen LogP contribution in [0.3, 0.4) is 0 Å². The number of aliphatic hydroxyl groups excluding tert-OH is 1. The van der Waals surface area contributed by atoms with Crippen molar-refractivity contribution in [3.05, 3.63) is 99.4 Å². The Labute approximate surface area is 180 Å². The van der Waals surface area contributed by atoms with Gasteiger partial charge >= 0.3 is 0 Å². The number of nitrogens with zero attached hydrogens (tertiary/aromatic N) is 1. The van der Waals surface area contributed by atoms with Gasteiger partial charge in [0.25, 0.3) is 5.91 Å². The Morgan fingerprint density at radius 1 is 0.967 bits per heavy atom. The quantitative estimate of drug-likeness (QED) is 0.544. The molecular formula is C25H23NO3S. The van der Waals surface area contributed by atoms with Gasteiger partial charge in [-0.05, 0) is 40.1 Å². The van der Waals surface area contributed by atoms with E-state index in [1.807, 2.05) is 60.0 Å². The van der Waals surface area contributed by atoms with Gasteiger partial charge in [-0.25, -0.2) is 0 Å². The third-order valence-corrected chi connectivity index (χ3v) is 6.19. The van der Waals surface area contributed by atoms with Crippen LogP contribution in [0.4, 0.5) is 5.69 Å². The fourth-order valence-corrected chi connectivity index (χ4v) is 4.39. The van der Waals surface area contributed by atoms with E-state index in [1.54, 1.807) is 12.1 Å². The summed E-state index contributed by atoms with van der Waals surface area (Å²) in [6.07, 6.45) is 0. The lowest BCUT2D eigenvalue weighted by atomic mass is 9.87. The average molecular weight is 418 g/mol. The predicted molar refractivity (Wildman–Crippen MR) is 120 cm³/mol. The Bertz CT molecular complexity index is 1110. The summed E-state index contributed by atoms with van der Waals surface area (Å²) in [5, 5.41) is 12.6. The van der Waals surface area contributed by atoms with Gasteiger partial charge in [0.05, 0.1) is 16.5 Å². The number of carbonyl (C=O) groups excluding carboxylic acids is 2. The zero-order chi connectivity index (χ0) is 21.5. The zero-order valence-electron chi connectivity index (χ0n) is 17.1. The van der Waals surface area contributed by atoms with E-state index in [9.17, 15) is 14.7 Å². The Balaban J connectivity index is 1.83. The number of aliphatic hydroxyl groups is 1. The molecule has 1 aliphatic heterocycles. The van der Waals surface area contributed by atoms with Crippen LogP contribution in [0.2, 0.25) is 0 Å². The van der Waals surface area contributed by atoms with Gasteiger partial charge in [0.2, 0.25) is 5.78 Å². The smallest absolute Gasteiger partial charge is 0.294 e. The number of ketones is 1. The van der Waals surface area contributed by atoms with Crippen molar-refractivity contribution in [2.75, 3.05) is 4.90 Å². The topological polar surface area (TPSA) is 57.6 Å². The molecular weight excluding hydrogens is 394 g/mol. The lowest BCUT2D eigenvalue weighted by molar-refractivity contribution is -0.117. The van der Waals surface area contributed by atoms with Gasteiger partial charge in [0, 0.05) is 5.69 Å². The predicted octanol–water partition coefficient (Wildman–Crippen LogP) is 5.83. The van der Waals surface area contributed by atoms with Gasteiger partial charge in [-0.15, -0.1) is 11.3 Å². The number of benzene rings is 2. The van der Waals surface area contributed by atoms with E-state index in [1.165, 1.54) is 16.2 Å². The first-order valence-electron chi connectivity index (χ1n) is 9.79. The maximum absolute atomic E-state index is 13.2. The first kappa shape index (κ1) is 20.1. The number of anilines is 1. The van der Waals surface area contributed by atoms with E-state index in [4.69, 9.17) is 0 Å². The summed E-state index contributed by atoms with van der Waals surface area (Å²) in [5.74, 6) is -1.37. The number of hydrogen-bond donors (Lipinski definition) is 1. The highest BCUT2D eigenvalue weighted by Crippen LogP contribution is 2.42. The minimum Gasteiger partial charge on any atom is -0.503 e. The second kappa shape index (κ2) is 7.58. The molecule has 3 aromatic rings. The minimum absolute atomic E-state index is 0.0208. The van der Waals surface area contributed by atoms with Crippen molar-refractivity contribution >= 4 is 28.7 Å². The molecule has 1 atom stereocenters. The molecule has 0 saturated carbocycles. The molecule has 0 saturated heterocycles. The number of Topliss-reactive ketones (excluding diaryl/α,β-unsaturated/α-hetero) is 1. The van der Waals surface area contributed by atoms with E-state index < -0.39 is 17.7 Å². The fourth-order valence-electron chi connectivity index (χ4n) is 3.72. The van der Waals surface area contributed by atoms with Gasteiger partial charge in [0.1, 0.15) is 0 Å². The second-order valence-corrected chi connectivity index (χ2v) is 9.30. The van der Waals surface area contributed by atoms with E-state index in [-0.39, 0.29) is 16.8 Å². The van der Waals surface area contributed by atoms with Gasteiger partial charge in [-0.1, -0.05) is 69.3 Å². The third-order valence-electron chi connectivity index (χ3n) is 5.32. The van der Waals surface area contributed by atoms with Crippen molar-refractivity contribution in [1.29, 1.82) is 0 Å². The lowest BCUT2D eigenvalue weighted by Crippen LogP contribution is -2.31. The Kier molecular flexibility index (Phi) is 5.08. The van der Waals surface area contributed by atoms with Crippen LogP contribution in [0.25, 0.3) is 0 Å². The zero-order valence-corrected chi connectivity index (χ0v) is 17.9. The Hall–Kier alpha value is -3.18. The molecule has 0 aliphatic carbocycles. The maximum Gasteiger partial charge on any atom is 0.294 e. The molecule has 4 rings (SSSR count). The summed E-state index contributed by atoms with van der Waals surface area (Å²) >= 11 is 1.30. The monoisotopic (exact) mass is 417 g/mol. The number of rotatable bonds is 4. The number of thiophene rings is 1. The Morgan fingerprint density at radius 2 is 1.63 bits per heavy atom. The van der Waals surface area contributed by atoms with Crippen LogP contribution >= 0.6 is 11.3 Å². The minimum atomic E-state index is -0.686. The molecule has 0 bridgehead atoms. The molecule has 1 aromatic heterocycles. The van der Waals surface area contributed by atoms with Crippen LogP contribution in [-0.4, -0.2) is 16.8 Å². The normalized spacial score (nSPS) is 17.0. The highest BCUT2D eigenvalue weighted by atomic mass is 32.1. The highest BCUT2D eigenvalue weighted by molar-refractivity contribution is 7.12. The molecule has 1 N–H and O–H groups in total. The van der Waals surface area contributed by atoms with Gasteiger partial charge in [-0.2, -0.15) is 0 Å². The largest absolute Gasteiger partial charge is 0.503 e. The molecule has 0 radical (unpaired) electrons. The molecule has 30 heavy (non-hydrogen) atoms. The molecule has 1 aliphatic rings. The SMILES string of the molecule is CC(C)(C)c1ccc(N2C(=O)C(O)=C(C(=O)c3cccs3)C2c2ccccc2)cc1. The van der Waals surface area contributed by atoms with Crippen LogP contribution in [0.5, 0.6) is 0 Å². The highest BCUT2D eigenvalue weighted by Gasteiger charge is 2.44. The van der Waals surface area contributed by atoms with Crippen molar-refractivity contribution in [3.63, 3.8) is 0 Å². The summed E-state index contributed by atoms with van der Waals surface area (Å²) in [6.45, 7) is 6.38. The number of hydrogen-bond acceptors (Lipinski definition) is 4. The molecule has 4 nitrogen and oxygen atoms in total. The van der Waals surface area contributed by atoms with Crippen LogP contribution in [0, 0.1) is 0 Å². The molecule has 1 unspecified atom stereocenters. The van der Waals surface area contributed by atoms with Crippen LogP contribution < -0.4 is 4.90 Å². The molecule has 2 heterocycles. The van der Waals surface area contributed by atoms with Gasteiger partial charge < -0.3 is 5.11 Å².